The third kappa shape index (κ3) is 5.55. The molecule has 27 heavy (non-hydrogen) atoms. The van der Waals surface area contributed by atoms with E-state index in [4.69, 9.17) is 0 Å². The highest BCUT2D eigenvalue weighted by molar-refractivity contribution is 7.92. The molecule has 1 fully saturated rings. The van der Waals surface area contributed by atoms with Crippen LogP contribution in [-0.4, -0.2) is 44.1 Å². The summed E-state index contributed by atoms with van der Waals surface area (Å²) in [5, 5.41) is 3.06. The molecular formula is C20H25N3O3S. The van der Waals surface area contributed by atoms with Crippen molar-refractivity contribution in [3.05, 3.63) is 65.7 Å². The molecular weight excluding hydrogens is 362 g/mol. The van der Waals surface area contributed by atoms with E-state index in [0.29, 0.717) is 11.3 Å². The summed E-state index contributed by atoms with van der Waals surface area (Å²) in [7, 11) is -3.36. The van der Waals surface area contributed by atoms with Crippen LogP contribution in [0, 0.1) is 0 Å². The number of amides is 1. The van der Waals surface area contributed by atoms with Crippen molar-refractivity contribution in [1.82, 2.24) is 10.2 Å². The first-order chi connectivity index (χ1) is 12.9. The van der Waals surface area contributed by atoms with Crippen molar-refractivity contribution >= 4 is 21.6 Å². The Balaban J connectivity index is 1.56. The van der Waals surface area contributed by atoms with E-state index in [1.807, 2.05) is 18.2 Å². The second-order valence-corrected chi connectivity index (χ2v) is 8.78. The van der Waals surface area contributed by atoms with Crippen LogP contribution in [0.1, 0.15) is 29.3 Å². The number of nitrogens with one attached hydrogen (secondary N) is 2. The van der Waals surface area contributed by atoms with Gasteiger partial charge in [0.2, 0.25) is 10.0 Å². The third-order valence-corrected chi connectivity index (χ3v) is 5.94. The van der Waals surface area contributed by atoms with E-state index in [1.54, 1.807) is 31.2 Å². The molecule has 2 aromatic rings. The fraction of sp³-hybridized carbons (Fsp3) is 0.350. The number of nitrogens with zero attached hydrogens (tertiary/aromatic N) is 1. The van der Waals surface area contributed by atoms with Crippen molar-refractivity contribution in [2.45, 2.75) is 25.9 Å². The molecule has 2 N–H and O–H groups in total. The molecule has 0 saturated carbocycles. The van der Waals surface area contributed by atoms with Gasteiger partial charge in [-0.15, -0.1) is 0 Å². The highest BCUT2D eigenvalue weighted by Crippen LogP contribution is 2.16. The molecule has 7 heteroatoms. The molecule has 144 valence electrons. The van der Waals surface area contributed by atoms with E-state index in [-0.39, 0.29) is 17.7 Å². The summed E-state index contributed by atoms with van der Waals surface area (Å²) in [4.78, 5) is 14.9. The first-order valence-electron chi connectivity index (χ1n) is 9.13. The van der Waals surface area contributed by atoms with Gasteiger partial charge in [0.15, 0.2) is 0 Å². The molecule has 1 aliphatic heterocycles. The Morgan fingerprint density at radius 1 is 1.15 bits per heavy atom. The van der Waals surface area contributed by atoms with E-state index in [9.17, 15) is 13.2 Å². The monoisotopic (exact) mass is 387 g/mol. The summed E-state index contributed by atoms with van der Waals surface area (Å²) in [5.74, 6) is -0.193. The standard InChI is InChI=1S/C20H25N3O3S/c1-2-27(25,26)22-18-10-6-9-17(13-18)20(24)21-19-11-12-23(15-19)14-16-7-4-3-5-8-16/h3-10,13,19,22H,2,11-12,14-15H2,1H3,(H,21,24). The number of sulfonamides is 1. The van der Waals surface area contributed by atoms with E-state index in [1.165, 1.54) is 5.56 Å². The van der Waals surface area contributed by atoms with Gasteiger partial charge >= 0.3 is 0 Å². The largest absolute Gasteiger partial charge is 0.348 e. The number of likely N-dealkylation sites (tertiary alicyclic amines) is 1. The lowest BCUT2D eigenvalue weighted by Gasteiger charge is -2.17. The van der Waals surface area contributed by atoms with Gasteiger partial charge in [-0.3, -0.25) is 14.4 Å². The normalized spacial score (nSPS) is 17.6. The molecule has 0 spiro atoms. The number of carbonyl (C=O) groups is 1. The quantitative estimate of drug-likeness (QED) is 0.765. The van der Waals surface area contributed by atoms with Crippen LogP contribution < -0.4 is 10.0 Å². The van der Waals surface area contributed by atoms with E-state index in [0.717, 1.165) is 26.1 Å². The lowest BCUT2D eigenvalue weighted by Crippen LogP contribution is -2.37. The summed E-state index contributed by atoms with van der Waals surface area (Å²) in [6.45, 7) is 4.20. The van der Waals surface area contributed by atoms with Crippen LogP contribution >= 0.6 is 0 Å². The maximum atomic E-state index is 12.5. The van der Waals surface area contributed by atoms with Crippen LogP contribution in [-0.2, 0) is 16.6 Å². The van der Waals surface area contributed by atoms with Crippen LogP contribution in [0.15, 0.2) is 54.6 Å². The molecule has 0 radical (unpaired) electrons. The van der Waals surface area contributed by atoms with Gasteiger partial charge in [0.1, 0.15) is 0 Å². The van der Waals surface area contributed by atoms with Crippen molar-refractivity contribution in [1.29, 1.82) is 0 Å². The zero-order chi connectivity index (χ0) is 19.3. The van der Waals surface area contributed by atoms with Gasteiger partial charge in [-0.05, 0) is 37.1 Å². The first-order valence-corrected chi connectivity index (χ1v) is 10.8. The predicted molar refractivity (Wildman–Crippen MR) is 107 cm³/mol. The van der Waals surface area contributed by atoms with Gasteiger partial charge in [0.25, 0.3) is 5.91 Å². The zero-order valence-electron chi connectivity index (χ0n) is 15.4. The van der Waals surface area contributed by atoms with E-state index < -0.39 is 10.0 Å². The topological polar surface area (TPSA) is 78.5 Å². The Morgan fingerprint density at radius 2 is 1.93 bits per heavy atom. The fourth-order valence-corrected chi connectivity index (χ4v) is 3.81. The van der Waals surface area contributed by atoms with Crippen molar-refractivity contribution in [3.63, 3.8) is 0 Å². The van der Waals surface area contributed by atoms with Gasteiger partial charge in [-0.25, -0.2) is 8.42 Å². The highest BCUT2D eigenvalue weighted by atomic mass is 32.2. The number of benzene rings is 2. The number of carbonyl (C=O) groups excluding carboxylic acids is 1. The molecule has 1 aliphatic rings. The predicted octanol–water partition coefficient (Wildman–Crippen LogP) is 2.45. The van der Waals surface area contributed by atoms with Gasteiger partial charge in [-0.1, -0.05) is 36.4 Å². The molecule has 6 nitrogen and oxygen atoms in total. The van der Waals surface area contributed by atoms with Crippen LogP contribution in [0.4, 0.5) is 5.69 Å². The molecule has 1 atom stereocenters. The minimum atomic E-state index is -3.36. The molecule has 1 heterocycles. The zero-order valence-corrected chi connectivity index (χ0v) is 16.2. The van der Waals surface area contributed by atoms with E-state index >= 15 is 0 Å². The number of rotatable bonds is 7. The summed E-state index contributed by atoms with van der Waals surface area (Å²) in [5.41, 5.74) is 2.12. The Hall–Kier alpha value is -2.38. The van der Waals surface area contributed by atoms with Gasteiger partial charge in [0, 0.05) is 36.9 Å². The lowest BCUT2D eigenvalue weighted by atomic mass is 10.1. The minimum absolute atomic E-state index is 0.0112. The second kappa shape index (κ2) is 8.54. The average molecular weight is 388 g/mol. The smallest absolute Gasteiger partial charge is 0.251 e. The van der Waals surface area contributed by atoms with Crippen LogP contribution in [0.25, 0.3) is 0 Å². The molecule has 0 bridgehead atoms. The van der Waals surface area contributed by atoms with Crippen molar-refractivity contribution in [2.75, 3.05) is 23.6 Å². The Labute approximate surface area is 160 Å². The second-order valence-electron chi connectivity index (χ2n) is 6.77. The van der Waals surface area contributed by atoms with Gasteiger partial charge < -0.3 is 5.32 Å². The molecule has 1 unspecified atom stereocenters. The lowest BCUT2D eigenvalue weighted by molar-refractivity contribution is 0.0937. The number of hydrogen-bond donors (Lipinski definition) is 2. The number of hydrogen-bond acceptors (Lipinski definition) is 4. The Bertz CT molecular complexity index is 884. The van der Waals surface area contributed by atoms with E-state index in [2.05, 4.69) is 27.1 Å². The highest BCUT2D eigenvalue weighted by Gasteiger charge is 2.24. The minimum Gasteiger partial charge on any atom is -0.348 e. The summed E-state index contributed by atoms with van der Waals surface area (Å²) < 4.78 is 25.9. The van der Waals surface area contributed by atoms with Crippen LogP contribution in [0.2, 0.25) is 0 Å². The Morgan fingerprint density at radius 3 is 2.67 bits per heavy atom. The average Bonchev–Trinajstić information content (AvgIpc) is 3.09. The molecule has 3 rings (SSSR count). The van der Waals surface area contributed by atoms with Gasteiger partial charge in [0.05, 0.1) is 5.75 Å². The molecule has 2 aromatic carbocycles. The summed E-state index contributed by atoms with van der Waals surface area (Å²) in [6.07, 6.45) is 0.904. The molecule has 1 saturated heterocycles. The maximum absolute atomic E-state index is 12.5. The summed E-state index contributed by atoms with van der Waals surface area (Å²) in [6, 6.07) is 17.0. The fourth-order valence-electron chi connectivity index (χ4n) is 3.18. The molecule has 0 aromatic heterocycles. The van der Waals surface area contributed by atoms with Crippen LogP contribution in [0.5, 0.6) is 0 Å². The van der Waals surface area contributed by atoms with Crippen LogP contribution in [0.3, 0.4) is 0 Å². The van der Waals surface area contributed by atoms with Crippen molar-refractivity contribution in [2.24, 2.45) is 0 Å². The van der Waals surface area contributed by atoms with Crippen molar-refractivity contribution in [3.8, 4) is 0 Å². The van der Waals surface area contributed by atoms with Crippen molar-refractivity contribution < 1.29 is 13.2 Å². The molecule has 1 amide bonds. The Kier molecular flexibility index (Phi) is 6.13. The number of anilines is 1. The summed E-state index contributed by atoms with van der Waals surface area (Å²) >= 11 is 0. The molecule has 0 aliphatic carbocycles. The van der Waals surface area contributed by atoms with Gasteiger partial charge in [-0.2, -0.15) is 0 Å². The third-order valence-electron chi connectivity index (χ3n) is 4.63. The maximum Gasteiger partial charge on any atom is 0.251 e. The first kappa shape index (κ1) is 19.4. The SMILES string of the molecule is CCS(=O)(=O)Nc1cccc(C(=O)NC2CCN(Cc3ccccc3)C2)c1.